The van der Waals surface area contributed by atoms with E-state index in [2.05, 4.69) is 120 Å². The van der Waals surface area contributed by atoms with E-state index in [-0.39, 0.29) is 13.7 Å². The van der Waals surface area contributed by atoms with E-state index in [1.807, 2.05) is 11.3 Å². The van der Waals surface area contributed by atoms with Crippen molar-refractivity contribution >= 4 is 58.3 Å². The van der Waals surface area contributed by atoms with Gasteiger partial charge in [0.1, 0.15) is 0 Å². The number of anilines is 2. The quantitative estimate of drug-likeness (QED) is 0.405. The van der Waals surface area contributed by atoms with Gasteiger partial charge in [0, 0.05) is 32.3 Å². The predicted molar refractivity (Wildman–Crippen MR) is 145 cm³/mol. The molecule has 0 radical (unpaired) electrons. The first kappa shape index (κ1) is 18.8. The summed E-state index contributed by atoms with van der Waals surface area (Å²) in [5.41, 5.74) is 10.4. The van der Waals surface area contributed by atoms with Crippen LogP contribution < -0.4 is 32.3 Å². The molecular weight excluding hydrogens is 418 g/mol. The Kier molecular flexibility index (Phi) is 4.24. The van der Waals surface area contributed by atoms with E-state index < -0.39 is 0 Å². The second kappa shape index (κ2) is 7.43. The largest absolute Gasteiger partial charge is 0.420 e. The van der Waals surface area contributed by atoms with Crippen LogP contribution in [0.3, 0.4) is 0 Å². The van der Waals surface area contributed by atoms with Crippen molar-refractivity contribution in [2.75, 3.05) is 10.5 Å². The summed E-state index contributed by atoms with van der Waals surface area (Å²) in [6.45, 7) is 0.212. The fourth-order valence-corrected chi connectivity index (χ4v) is 6.75. The van der Waals surface area contributed by atoms with Crippen LogP contribution in [0.4, 0.5) is 11.4 Å². The zero-order valence-electron chi connectivity index (χ0n) is 18.0. The van der Waals surface area contributed by atoms with Crippen molar-refractivity contribution in [1.29, 1.82) is 0 Å². The van der Waals surface area contributed by atoms with Gasteiger partial charge in [-0.3, -0.25) is 0 Å². The van der Waals surface area contributed by atoms with E-state index in [1.165, 1.54) is 54.1 Å². The summed E-state index contributed by atoms with van der Waals surface area (Å²) in [4.78, 5) is 2.75. The zero-order valence-corrected chi connectivity index (χ0v) is 18.8. The molecule has 0 amide bonds. The van der Waals surface area contributed by atoms with E-state index in [1.54, 1.807) is 0 Å². The molecule has 2 N–H and O–H groups in total. The van der Waals surface area contributed by atoms with E-state index in [9.17, 15) is 0 Å². The topological polar surface area (TPSA) is 24.1 Å². The van der Waals surface area contributed by atoms with Crippen molar-refractivity contribution in [3.63, 3.8) is 0 Å². The third-order valence-electron chi connectivity index (χ3n) is 6.77. The summed E-state index contributed by atoms with van der Waals surface area (Å²) < 4.78 is 0. The van der Waals surface area contributed by atoms with Gasteiger partial charge in [0.25, 0.3) is 0 Å². The van der Waals surface area contributed by atoms with E-state index >= 15 is 0 Å². The third kappa shape index (κ3) is 2.89. The molecule has 0 bridgehead atoms. The van der Waals surface area contributed by atoms with Crippen molar-refractivity contribution in [3.8, 4) is 20.9 Å². The highest BCUT2D eigenvalue weighted by Gasteiger charge is 2.41. The number of benzene rings is 4. The SMILES string of the molecule is c1ccc(B2Nc3ccccc3-c3sc4c(c32)B(c2ccccc2)Nc2ccccc2-4)cc1. The number of nitrogens with one attached hydrogen (secondary N) is 2. The van der Waals surface area contributed by atoms with Crippen molar-refractivity contribution in [3.05, 3.63) is 109 Å². The summed E-state index contributed by atoms with van der Waals surface area (Å²) in [7, 11) is 0. The van der Waals surface area contributed by atoms with Gasteiger partial charge >= 0.3 is 13.7 Å². The fraction of sp³-hybridized carbons (Fsp3) is 0. The van der Waals surface area contributed by atoms with Crippen molar-refractivity contribution < 1.29 is 0 Å². The Morgan fingerprint density at radius 3 is 1.30 bits per heavy atom. The standard InChI is InChI=1S/C28H20B2N2S/c1-3-11-19(12-4-1)29-25-26-28(33-27(25)21-15-7-9-17-23(21)31-29)22-16-8-10-18-24(22)32-30(26)20-13-5-2-6-14-20/h1-18,31-32H. The number of para-hydroxylation sites is 2. The number of rotatable bonds is 2. The van der Waals surface area contributed by atoms with Gasteiger partial charge in [-0.2, -0.15) is 0 Å². The zero-order chi connectivity index (χ0) is 21.8. The molecule has 0 spiro atoms. The summed E-state index contributed by atoms with van der Waals surface area (Å²) in [6.07, 6.45) is 0. The molecule has 5 heteroatoms. The molecule has 0 unspecified atom stereocenters. The van der Waals surface area contributed by atoms with Gasteiger partial charge in [0.2, 0.25) is 0 Å². The van der Waals surface area contributed by atoms with Crippen LogP contribution >= 0.6 is 11.3 Å². The number of hydrogen-bond donors (Lipinski definition) is 2. The molecule has 3 heterocycles. The highest BCUT2D eigenvalue weighted by Crippen LogP contribution is 2.42. The molecule has 33 heavy (non-hydrogen) atoms. The van der Waals surface area contributed by atoms with Gasteiger partial charge in [0.15, 0.2) is 0 Å². The average molecular weight is 438 g/mol. The Bertz CT molecular complexity index is 1370. The third-order valence-corrected chi connectivity index (χ3v) is 8.06. The molecule has 154 valence electrons. The van der Waals surface area contributed by atoms with Gasteiger partial charge in [-0.25, -0.2) is 0 Å². The predicted octanol–water partition coefficient (Wildman–Crippen LogP) is 4.14. The molecule has 0 saturated heterocycles. The lowest BCUT2D eigenvalue weighted by Crippen LogP contribution is -2.64. The maximum Gasteiger partial charge on any atom is 0.321 e. The summed E-state index contributed by atoms with van der Waals surface area (Å²) in [5, 5.41) is 7.76. The van der Waals surface area contributed by atoms with Crippen LogP contribution in [0.25, 0.3) is 20.9 Å². The maximum atomic E-state index is 3.88. The second-order valence-electron chi connectivity index (χ2n) is 8.65. The molecule has 0 fully saturated rings. The van der Waals surface area contributed by atoms with Gasteiger partial charge in [-0.15, -0.1) is 11.3 Å². The van der Waals surface area contributed by atoms with Crippen molar-refractivity contribution in [2.45, 2.75) is 0 Å². The maximum absolute atomic E-state index is 3.88. The fourth-order valence-electron chi connectivity index (χ4n) is 5.29. The van der Waals surface area contributed by atoms with Crippen molar-refractivity contribution in [2.24, 2.45) is 0 Å². The minimum atomic E-state index is 0.106. The molecule has 0 aliphatic carbocycles. The van der Waals surface area contributed by atoms with Crippen LogP contribution in [-0.4, -0.2) is 13.7 Å². The molecule has 2 nitrogen and oxygen atoms in total. The minimum absolute atomic E-state index is 0.106. The molecular formula is C28H20B2N2S. The Morgan fingerprint density at radius 2 is 0.848 bits per heavy atom. The Hall–Kier alpha value is -3.69. The van der Waals surface area contributed by atoms with Crippen LogP contribution in [0.5, 0.6) is 0 Å². The highest BCUT2D eigenvalue weighted by atomic mass is 32.1. The number of hydrogen-bond acceptors (Lipinski definition) is 3. The lowest BCUT2D eigenvalue weighted by Gasteiger charge is -2.30. The molecule has 4 aromatic carbocycles. The van der Waals surface area contributed by atoms with Gasteiger partial charge in [0.05, 0.1) is 0 Å². The Morgan fingerprint density at radius 1 is 0.455 bits per heavy atom. The molecule has 5 aromatic rings. The van der Waals surface area contributed by atoms with Crippen LogP contribution in [0.15, 0.2) is 109 Å². The normalized spacial score (nSPS) is 13.2. The van der Waals surface area contributed by atoms with Crippen LogP contribution in [0.1, 0.15) is 0 Å². The van der Waals surface area contributed by atoms with Gasteiger partial charge in [-0.05, 0) is 23.1 Å². The van der Waals surface area contributed by atoms with E-state index in [0.717, 1.165) is 0 Å². The van der Waals surface area contributed by atoms with E-state index in [4.69, 9.17) is 0 Å². The summed E-state index contributed by atoms with van der Waals surface area (Å²) in [6, 6.07) is 39.1. The first-order valence-electron chi connectivity index (χ1n) is 11.4. The molecule has 2 aliphatic heterocycles. The van der Waals surface area contributed by atoms with Gasteiger partial charge in [-0.1, -0.05) is 108 Å². The average Bonchev–Trinajstić information content (AvgIpc) is 3.30. The van der Waals surface area contributed by atoms with Crippen LogP contribution in [0, 0.1) is 0 Å². The summed E-state index contributed by atoms with van der Waals surface area (Å²) in [5.74, 6) is 0. The lowest BCUT2D eigenvalue weighted by atomic mass is 9.39. The number of thiophene rings is 1. The molecule has 2 aliphatic rings. The molecule has 0 saturated carbocycles. The smallest absolute Gasteiger partial charge is 0.321 e. The first-order chi connectivity index (χ1) is 16.4. The second-order valence-corrected chi connectivity index (χ2v) is 9.68. The van der Waals surface area contributed by atoms with Crippen LogP contribution in [0.2, 0.25) is 0 Å². The minimum Gasteiger partial charge on any atom is -0.420 e. The monoisotopic (exact) mass is 438 g/mol. The summed E-state index contributed by atoms with van der Waals surface area (Å²) >= 11 is 1.94. The highest BCUT2D eigenvalue weighted by molar-refractivity contribution is 7.25. The van der Waals surface area contributed by atoms with E-state index in [0.29, 0.717) is 0 Å². The van der Waals surface area contributed by atoms with Crippen LogP contribution in [-0.2, 0) is 0 Å². The molecule has 1 aromatic heterocycles. The van der Waals surface area contributed by atoms with Crippen molar-refractivity contribution in [1.82, 2.24) is 0 Å². The Balaban J connectivity index is 1.56. The molecule has 7 rings (SSSR count). The Labute approximate surface area is 198 Å². The van der Waals surface area contributed by atoms with Gasteiger partial charge < -0.3 is 10.5 Å². The number of fused-ring (bicyclic) bond motifs is 7. The first-order valence-corrected chi connectivity index (χ1v) is 12.2. The molecule has 0 atom stereocenters. The lowest BCUT2D eigenvalue weighted by molar-refractivity contribution is 1.61.